The number of aliphatic imine (C=N–C) groups is 1. The molecule has 0 saturated carbocycles. The Kier molecular flexibility index (Phi) is 8.09. The van der Waals surface area contributed by atoms with Crippen molar-refractivity contribution in [2.75, 3.05) is 33.8 Å². The molecule has 0 radical (unpaired) electrons. The highest BCUT2D eigenvalue weighted by atomic mass is 32.2. The molecule has 1 aromatic rings. The van der Waals surface area contributed by atoms with E-state index in [0.29, 0.717) is 29.9 Å². The SMILES string of the molecule is CCOC(=O)C1=C(C(F)(F)F)N=C2SC=C(CC(=O)NCCN(C)C)N2C1c1ccccc1C. The highest BCUT2D eigenvalue weighted by molar-refractivity contribution is 8.16. The third-order valence-electron chi connectivity index (χ3n) is 5.28. The van der Waals surface area contributed by atoms with Crippen LogP contribution in [-0.4, -0.2) is 66.8 Å². The first-order chi connectivity index (χ1) is 16.0. The molecule has 1 atom stereocenters. The van der Waals surface area contributed by atoms with E-state index >= 15 is 0 Å². The van der Waals surface area contributed by atoms with Gasteiger partial charge in [0.2, 0.25) is 5.91 Å². The molecule has 1 amide bonds. The number of benzene rings is 1. The number of ether oxygens (including phenoxy) is 1. The first-order valence-corrected chi connectivity index (χ1v) is 11.6. The Hall–Kier alpha value is -2.79. The molecule has 11 heteroatoms. The van der Waals surface area contributed by atoms with Crippen molar-refractivity contribution in [3.8, 4) is 0 Å². The van der Waals surface area contributed by atoms with E-state index in [9.17, 15) is 22.8 Å². The maximum atomic E-state index is 14.1. The minimum atomic E-state index is -4.87. The number of nitrogens with zero attached hydrogens (tertiary/aromatic N) is 3. The number of amidine groups is 1. The van der Waals surface area contributed by atoms with Gasteiger partial charge in [-0.25, -0.2) is 9.79 Å². The van der Waals surface area contributed by atoms with Crippen molar-refractivity contribution < 1.29 is 27.5 Å². The molecule has 0 bridgehead atoms. The van der Waals surface area contributed by atoms with E-state index in [4.69, 9.17) is 4.74 Å². The Bertz CT molecular complexity index is 1050. The molecule has 0 aliphatic carbocycles. The number of likely N-dealkylation sites (N-methyl/N-ethyl adjacent to an activating group) is 1. The van der Waals surface area contributed by atoms with Gasteiger partial charge >= 0.3 is 12.1 Å². The van der Waals surface area contributed by atoms with Gasteiger partial charge in [0.05, 0.1) is 24.6 Å². The van der Waals surface area contributed by atoms with Gasteiger partial charge in [0.1, 0.15) is 0 Å². The number of thioether (sulfide) groups is 1. The number of hydrogen-bond acceptors (Lipinski definition) is 7. The average Bonchev–Trinajstić information content (AvgIpc) is 3.14. The minimum Gasteiger partial charge on any atom is -0.463 e. The van der Waals surface area contributed by atoms with Crippen LogP contribution >= 0.6 is 11.8 Å². The van der Waals surface area contributed by atoms with E-state index < -0.39 is 29.5 Å². The van der Waals surface area contributed by atoms with Crippen LogP contribution in [0.4, 0.5) is 13.2 Å². The number of aryl methyl sites for hydroxylation is 1. The van der Waals surface area contributed by atoms with E-state index in [2.05, 4.69) is 10.3 Å². The van der Waals surface area contributed by atoms with Crippen LogP contribution in [0.3, 0.4) is 0 Å². The molecule has 184 valence electrons. The molecule has 2 aliphatic heterocycles. The molecule has 2 aliphatic rings. The molecule has 3 rings (SSSR count). The van der Waals surface area contributed by atoms with Gasteiger partial charge in [0, 0.05) is 18.8 Å². The van der Waals surface area contributed by atoms with Crippen LogP contribution in [0.1, 0.15) is 30.5 Å². The van der Waals surface area contributed by atoms with Gasteiger partial charge in [-0.2, -0.15) is 13.2 Å². The van der Waals surface area contributed by atoms with Crippen molar-refractivity contribution in [2.24, 2.45) is 4.99 Å². The molecule has 1 aromatic carbocycles. The standard InChI is InChI=1S/C23H27F3N4O3S/c1-5-33-21(32)18-19(16-9-7-6-8-14(16)2)30-15(12-17(31)27-10-11-29(3)4)13-34-22(30)28-20(18)23(24,25)26/h6-9,13,19H,5,10-12H2,1-4H3,(H,27,31). The maximum Gasteiger partial charge on any atom is 0.434 e. The average molecular weight is 497 g/mol. The number of carbonyl (C=O) groups is 2. The quantitative estimate of drug-likeness (QED) is 0.553. The van der Waals surface area contributed by atoms with Gasteiger partial charge in [-0.3, -0.25) is 4.79 Å². The van der Waals surface area contributed by atoms with Crippen LogP contribution in [0.15, 0.2) is 51.6 Å². The Labute approximate surface area is 200 Å². The second kappa shape index (κ2) is 10.6. The molecule has 1 unspecified atom stereocenters. The Morgan fingerprint density at radius 2 is 1.97 bits per heavy atom. The normalized spacial score (nSPS) is 18.0. The number of nitrogens with one attached hydrogen (secondary N) is 1. The summed E-state index contributed by atoms with van der Waals surface area (Å²) >= 11 is 0.996. The van der Waals surface area contributed by atoms with Crippen LogP contribution < -0.4 is 5.32 Å². The number of alkyl halides is 3. The second-order valence-corrected chi connectivity index (χ2v) is 8.90. The molecule has 0 spiro atoms. The molecular formula is C23H27F3N4O3S. The third-order valence-corrected chi connectivity index (χ3v) is 6.17. The van der Waals surface area contributed by atoms with Crippen molar-refractivity contribution in [3.63, 3.8) is 0 Å². The van der Waals surface area contributed by atoms with Crippen molar-refractivity contribution in [1.82, 2.24) is 15.1 Å². The second-order valence-electron chi connectivity index (χ2n) is 8.06. The highest BCUT2D eigenvalue weighted by Crippen LogP contribution is 2.48. The summed E-state index contributed by atoms with van der Waals surface area (Å²) in [5, 5.41) is 4.48. The number of halogens is 3. The Balaban J connectivity index is 2.06. The Morgan fingerprint density at radius 1 is 1.26 bits per heavy atom. The maximum absolute atomic E-state index is 14.1. The highest BCUT2D eigenvalue weighted by Gasteiger charge is 2.49. The van der Waals surface area contributed by atoms with Crippen molar-refractivity contribution >= 4 is 28.8 Å². The van der Waals surface area contributed by atoms with Crippen molar-refractivity contribution in [3.05, 3.63) is 57.8 Å². The van der Waals surface area contributed by atoms with Gasteiger partial charge in [-0.05, 0) is 44.5 Å². The minimum absolute atomic E-state index is 0.0599. The number of carbonyl (C=O) groups excluding carboxylic acids is 2. The zero-order chi connectivity index (χ0) is 25.0. The van der Waals surface area contributed by atoms with E-state index in [1.54, 1.807) is 41.5 Å². The number of rotatable bonds is 8. The lowest BCUT2D eigenvalue weighted by Gasteiger charge is -2.37. The molecule has 0 saturated heterocycles. The zero-order valence-corrected chi connectivity index (χ0v) is 20.2. The van der Waals surface area contributed by atoms with Crippen molar-refractivity contribution in [1.29, 1.82) is 0 Å². The fourth-order valence-corrected chi connectivity index (χ4v) is 4.64. The summed E-state index contributed by atoms with van der Waals surface area (Å²) in [4.78, 5) is 32.7. The number of hydrogen-bond donors (Lipinski definition) is 1. The van der Waals surface area contributed by atoms with Gasteiger partial charge in [-0.15, -0.1) is 0 Å². The largest absolute Gasteiger partial charge is 0.463 e. The lowest BCUT2D eigenvalue weighted by atomic mass is 9.90. The van der Waals surface area contributed by atoms with Gasteiger partial charge < -0.3 is 19.9 Å². The van der Waals surface area contributed by atoms with Crippen LogP contribution in [-0.2, 0) is 14.3 Å². The van der Waals surface area contributed by atoms with Crippen LogP contribution in [0.2, 0.25) is 0 Å². The van der Waals surface area contributed by atoms with Gasteiger partial charge in [-0.1, -0.05) is 36.0 Å². The monoisotopic (exact) mass is 496 g/mol. The zero-order valence-electron chi connectivity index (χ0n) is 19.4. The van der Waals surface area contributed by atoms with Crippen molar-refractivity contribution in [2.45, 2.75) is 32.5 Å². The number of esters is 1. The molecule has 34 heavy (non-hydrogen) atoms. The molecule has 0 aromatic heterocycles. The summed E-state index contributed by atoms with van der Waals surface area (Å²) in [6.07, 6.45) is -4.94. The number of fused-ring (bicyclic) bond motifs is 1. The summed E-state index contributed by atoms with van der Waals surface area (Å²) in [6.45, 7) is 4.28. The van der Waals surface area contributed by atoms with E-state index in [1.807, 2.05) is 19.0 Å². The smallest absolute Gasteiger partial charge is 0.434 e. The van der Waals surface area contributed by atoms with Gasteiger partial charge in [0.15, 0.2) is 10.9 Å². The molecule has 1 N–H and O–H groups in total. The van der Waals surface area contributed by atoms with Crippen LogP contribution in [0.25, 0.3) is 0 Å². The van der Waals surface area contributed by atoms with E-state index in [-0.39, 0.29) is 24.1 Å². The topological polar surface area (TPSA) is 74.2 Å². The predicted molar refractivity (Wildman–Crippen MR) is 125 cm³/mol. The fraction of sp³-hybridized carbons (Fsp3) is 0.435. The number of allylic oxidation sites excluding steroid dienone is 1. The first-order valence-electron chi connectivity index (χ1n) is 10.7. The van der Waals surface area contributed by atoms with Gasteiger partial charge in [0.25, 0.3) is 0 Å². The Morgan fingerprint density at radius 3 is 2.59 bits per heavy atom. The fourth-order valence-electron chi connectivity index (χ4n) is 3.72. The lowest BCUT2D eigenvalue weighted by molar-refractivity contribution is -0.140. The number of amides is 1. The molecular weight excluding hydrogens is 469 g/mol. The van der Waals surface area contributed by atoms with Crippen LogP contribution in [0.5, 0.6) is 0 Å². The summed E-state index contributed by atoms with van der Waals surface area (Å²) in [5.41, 5.74) is -0.205. The summed E-state index contributed by atoms with van der Waals surface area (Å²) < 4.78 is 47.2. The predicted octanol–water partition coefficient (Wildman–Crippen LogP) is 3.74. The molecule has 0 fully saturated rings. The van der Waals surface area contributed by atoms with E-state index in [0.717, 1.165) is 11.8 Å². The first kappa shape index (κ1) is 25.8. The lowest BCUT2D eigenvalue weighted by Crippen LogP contribution is -2.40. The molecule has 7 nitrogen and oxygen atoms in total. The summed E-state index contributed by atoms with van der Waals surface area (Å²) in [5.74, 6) is -1.36. The third kappa shape index (κ3) is 5.64. The summed E-state index contributed by atoms with van der Waals surface area (Å²) in [7, 11) is 3.76. The van der Waals surface area contributed by atoms with Crippen LogP contribution in [0, 0.1) is 6.92 Å². The molecule has 2 heterocycles. The van der Waals surface area contributed by atoms with E-state index in [1.165, 1.54) is 6.92 Å². The summed E-state index contributed by atoms with van der Waals surface area (Å²) in [6, 6.07) is 5.76.